The first-order valence-electron chi connectivity index (χ1n) is 5.63. The molecule has 0 bridgehead atoms. The molecular formula is C11H18F3N3. The molecule has 1 unspecified atom stereocenters. The van der Waals surface area contributed by atoms with Crippen LogP contribution in [0.2, 0.25) is 0 Å². The largest absolute Gasteiger partial charge is 0.390 e. The Morgan fingerprint density at radius 2 is 2.12 bits per heavy atom. The lowest BCUT2D eigenvalue weighted by atomic mass is 10.2. The molecule has 0 fully saturated rings. The fourth-order valence-electron chi connectivity index (χ4n) is 1.61. The Hall–Kier alpha value is -1.04. The van der Waals surface area contributed by atoms with Crippen molar-refractivity contribution >= 4 is 0 Å². The Morgan fingerprint density at radius 3 is 2.59 bits per heavy atom. The molecule has 17 heavy (non-hydrogen) atoms. The SMILES string of the molecule is CCc1cc(CNC(C)CC(F)(F)F)n(C)n1. The molecule has 1 heterocycles. The van der Waals surface area contributed by atoms with E-state index in [1.54, 1.807) is 11.7 Å². The lowest BCUT2D eigenvalue weighted by Crippen LogP contribution is -2.31. The van der Waals surface area contributed by atoms with Crippen LogP contribution < -0.4 is 5.32 Å². The van der Waals surface area contributed by atoms with E-state index in [1.807, 2.05) is 13.0 Å². The number of nitrogens with zero attached hydrogens (tertiary/aromatic N) is 2. The van der Waals surface area contributed by atoms with Gasteiger partial charge in [0.25, 0.3) is 0 Å². The fourth-order valence-corrected chi connectivity index (χ4v) is 1.61. The number of alkyl halides is 3. The van der Waals surface area contributed by atoms with Crippen LogP contribution in [0, 0.1) is 0 Å². The first kappa shape index (κ1) is 14.0. The molecule has 3 nitrogen and oxygen atoms in total. The quantitative estimate of drug-likeness (QED) is 0.868. The Balaban J connectivity index is 2.47. The molecule has 0 saturated heterocycles. The third-order valence-electron chi connectivity index (χ3n) is 2.56. The minimum atomic E-state index is -4.12. The summed E-state index contributed by atoms with van der Waals surface area (Å²) in [5.41, 5.74) is 1.85. The molecule has 98 valence electrons. The zero-order valence-electron chi connectivity index (χ0n) is 10.3. The fraction of sp³-hybridized carbons (Fsp3) is 0.727. The Bertz CT molecular complexity index is 357. The van der Waals surface area contributed by atoms with Crippen LogP contribution in [0.15, 0.2) is 6.07 Å². The van der Waals surface area contributed by atoms with E-state index in [4.69, 9.17) is 0 Å². The third-order valence-corrected chi connectivity index (χ3v) is 2.56. The van der Waals surface area contributed by atoms with Gasteiger partial charge in [-0.25, -0.2) is 0 Å². The van der Waals surface area contributed by atoms with E-state index in [0.717, 1.165) is 17.8 Å². The summed E-state index contributed by atoms with van der Waals surface area (Å²) < 4.78 is 38.0. The molecule has 1 atom stereocenters. The molecule has 1 N–H and O–H groups in total. The van der Waals surface area contributed by atoms with Gasteiger partial charge in [-0.15, -0.1) is 0 Å². The number of halogens is 3. The standard InChI is InChI=1S/C11H18F3N3/c1-4-9-5-10(17(3)16-9)7-15-8(2)6-11(12,13)14/h5,8,15H,4,6-7H2,1-3H3. The van der Waals surface area contributed by atoms with E-state index in [1.165, 1.54) is 6.92 Å². The summed E-state index contributed by atoms with van der Waals surface area (Å²) in [6.07, 6.45) is -4.11. The Kier molecular flexibility index (Phi) is 4.56. The monoisotopic (exact) mass is 249 g/mol. The Labute approximate surface area is 99.0 Å². The molecule has 0 amide bonds. The average Bonchev–Trinajstić information content (AvgIpc) is 2.54. The smallest absolute Gasteiger partial charge is 0.308 e. The van der Waals surface area contributed by atoms with E-state index in [9.17, 15) is 13.2 Å². The van der Waals surface area contributed by atoms with Gasteiger partial charge in [-0.3, -0.25) is 4.68 Å². The van der Waals surface area contributed by atoms with Gasteiger partial charge in [-0.2, -0.15) is 18.3 Å². The number of hydrogen-bond donors (Lipinski definition) is 1. The summed E-state index contributed by atoms with van der Waals surface area (Å²) >= 11 is 0. The number of aromatic nitrogens is 2. The molecule has 0 aliphatic heterocycles. The van der Waals surface area contributed by atoms with Crippen LogP contribution in [-0.2, 0) is 20.0 Å². The van der Waals surface area contributed by atoms with Crippen LogP contribution in [0.4, 0.5) is 13.2 Å². The lowest BCUT2D eigenvalue weighted by molar-refractivity contribution is -0.139. The number of rotatable bonds is 5. The molecule has 0 radical (unpaired) electrons. The zero-order valence-corrected chi connectivity index (χ0v) is 10.3. The highest BCUT2D eigenvalue weighted by molar-refractivity contribution is 5.09. The van der Waals surface area contributed by atoms with Crippen molar-refractivity contribution in [2.75, 3.05) is 0 Å². The molecule has 1 aromatic heterocycles. The van der Waals surface area contributed by atoms with Crippen molar-refractivity contribution in [3.8, 4) is 0 Å². The van der Waals surface area contributed by atoms with Gasteiger partial charge in [-0.05, 0) is 19.4 Å². The van der Waals surface area contributed by atoms with Crippen molar-refractivity contribution in [3.05, 3.63) is 17.5 Å². The number of hydrogen-bond acceptors (Lipinski definition) is 2. The van der Waals surface area contributed by atoms with E-state index in [2.05, 4.69) is 10.4 Å². The van der Waals surface area contributed by atoms with Gasteiger partial charge in [0.2, 0.25) is 0 Å². The van der Waals surface area contributed by atoms with Crippen LogP contribution in [0.1, 0.15) is 31.7 Å². The van der Waals surface area contributed by atoms with E-state index in [0.29, 0.717) is 6.54 Å². The number of nitrogens with one attached hydrogen (secondary N) is 1. The molecule has 6 heteroatoms. The van der Waals surface area contributed by atoms with Crippen LogP contribution in [0.3, 0.4) is 0 Å². The van der Waals surface area contributed by atoms with Gasteiger partial charge in [0.15, 0.2) is 0 Å². The normalized spacial score (nSPS) is 14.0. The zero-order chi connectivity index (χ0) is 13.1. The van der Waals surface area contributed by atoms with E-state index < -0.39 is 18.6 Å². The lowest BCUT2D eigenvalue weighted by Gasteiger charge is -2.15. The average molecular weight is 249 g/mol. The Morgan fingerprint density at radius 1 is 1.47 bits per heavy atom. The molecular weight excluding hydrogens is 231 g/mol. The summed E-state index contributed by atoms with van der Waals surface area (Å²) in [4.78, 5) is 0. The highest BCUT2D eigenvalue weighted by Crippen LogP contribution is 2.21. The van der Waals surface area contributed by atoms with Gasteiger partial charge in [0, 0.05) is 19.6 Å². The van der Waals surface area contributed by atoms with Crippen molar-refractivity contribution in [3.63, 3.8) is 0 Å². The van der Waals surface area contributed by atoms with Gasteiger partial charge in [0.1, 0.15) is 0 Å². The molecule has 0 saturated carbocycles. The van der Waals surface area contributed by atoms with Gasteiger partial charge in [0.05, 0.1) is 17.8 Å². The van der Waals surface area contributed by atoms with Crippen LogP contribution in [-0.4, -0.2) is 22.0 Å². The van der Waals surface area contributed by atoms with Crippen molar-refractivity contribution < 1.29 is 13.2 Å². The molecule has 0 aliphatic carbocycles. The van der Waals surface area contributed by atoms with Gasteiger partial charge < -0.3 is 5.32 Å². The number of aryl methyl sites for hydroxylation is 2. The van der Waals surface area contributed by atoms with Crippen molar-refractivity contribution in [2.45, 2.75) is 45.5 Å². The molecule has 0 aromatic carbocycles. The molecule has 1 rings (SSSR count). The molecule has 0 spiro atoms. The van der Waals surface area contributed by atoms with E-state index >= 15 is 0 Å². The van der Waals surface area contributed by atoms with Crippen LogP contribution in [0.5, 0.6) is 0 Å². The van der Waals surface area contributed by atoms with Crippen molar-refractivity contribution in [1.82, 2.24) is 15.1 Å². The minimum absolute atomic E-state index is 0.404. The summed E-state index contributed by atoms with van der Waals surface area (Å²) in [5.74, 6) is 0. The minimum Gasteiger partial charge on any atom is -0.308 e. The first-order chi connectivity index (χ1) is 7.81. The highest BCUT2D eigenvalue weighted by Gasteiger charge is 2.29. The second-order valence-corrected chi connectivity index (χ2v) is 4.21. The maximum atomic E-state index is 12.1. The summed E-state index contributed by atoms with van der Waals surface area (Å²) in [6, 6.07) is 1.32. The summed E-state index contributed by atoms with van der Waals surface area (Å²) in [7, 11) is 1.80. The summed E-state index contributed by atoms with van der Waals surface area (Å²) in [5, 5.41) is 7.09. The molecule has 0 aliphatic rings. The maximum Gasteiger partial charge on any atom is 0.390 e. The third kappa shape index (κ3) is 4.77. The second-order valence-electron chi connectivity index (χ2n) is 4.21. The van der Waals surface area contributed by atoms with Crippen molar-refractivity contribution in [1.29, 1.82) is 0 Å². The first-order valence-corrected chi connectivity index (χ1v) is 5.63. The second kappa shape index (κ2) is 5.53. The highest BCUT2D eigenvalue weighted by atomic mass is 19.4. The maximum absolute atomic E-state index is 12.1. The van der Waals surface area contributed by atoms with E-state index in [-0.39, 0.29) is 0 Å². The summed E-state index contributed by atoms with van der Waals surface area (Å²) in [6.45, 7) is 3.93. The van der Waals surface area contributed by atoms with Gasteiger partial charge >= 0.3 is 6.18 Å². The predicted molar refractivity (Wildman–Crippen MR) is 59.6 cm³/mol. The van der Waals surface area contributed by atoms with Crippen molar-refractivity contribution in [2.24, 2.45) is 7.05 Å². The molecule has 1 aromatic rings. The predicted octanol–water partition coefficient (Wildman–Crippen LogP) is 2.41. The topological polar surface area (TPSA) is 29.9 Å². The van der Waals surface area contributed by atoms with Gasteiger partial charge in [-0.1, -0.05) is 6.92 Å². The van der Waals surface area contributed by atoms with Crippen LogP contribution in [0.25, 0.3) is 0 Å². The van der Waals surface area contributed by atoms with Crippen LogP contribution >= 0.6 is 0 Å².